The second-order valence-electron chi connectivity index (χ2n) is 5.57. The van der Waals surface area contributed by atoms with Gasteiger partial charge in [0.1, 0.15) is 17.2 Å². The number of nitrogens with two attached hydrogens (primary N) is 2. The van der Waals surface area contributed by atoms with Gasteiger partial charge in [0.2, 0.25) is 5.91 Å². The van der Waals surface area contributed by atoms with Crippen LogP contribution < -0.4 is 26.4 Å². The molecular formula is C17H21N5O5S. The SMILES string of the molecule is COCCNC(=O)CN(C(=O)c1snc(C(N)=O)c1N)c1ccc(OC)cc1. The first kappa shape index (κ1) is 21.1. The number of ether oxygens (including phenoxy) is 2. The summed E-state index contributed by atoms with van der Waals surface area (Å²) in [7, 11) is 3.03. The zero-order chi connectivity index (χ0) is 20.7. The summed E-state index contributed by atoms with van der Waals surface area (Å²) in [6.45, 7) is 0.374. The first-order valence-corrected chi connectivity index (χ1v) is 8.92. The third-order valence-corrected chi connectivity index (χ3v) is 4.57. The Morgan fingerprint density at radius 1 is 1.21 bits per heavy atom. The first-order valence-electron chi connectivity index (χ1n) is 8.15. The van der Waals surface area contributed by atoms with Gasteiger partial charge >= 0.3 is 0 Å². The van der Waals surface area contributed by atoms with Gasteiger partial charge in [0.25, 0.3) is 11.8 Å². The Hall–Kier alpha value is -3.18. The molecule has 2 rings (SSSR count). The minimum absolute atomic E-state index is 0.0225. The van der Waals surface area contributed by atoms with E-state index in [-0.39, 0.29) is 28.7 Å². The number of carbonyl (C=O) groups excluding carboxylic acids is 3. The van der Waals surface area contributed by atoms with E-state index in [0.29, 0.717) is 24.6 Å². The number of aromatic nitrogens is 1. The predicted molar refractivity (Wildman–Crippen MR) is 105 cm³/mol. The maximum Gasteiger partial charge on any atom is 0.272 e. The lowest BCUT2D eigenvalue weighted by Gasteiger charge is -2.22. The van der Waals surface area contributed by atoms with Crippen LogP contribution in [0.3, 0.4) is 0 Å². The Balaban J connectivity index is 2.32. The monoisotopic (exact) mass is 407 g/mol. The smallest absolute Gasteiger partial charge is 0.272 e. The third-order valence-electron chi connectivity index (χ3n) is 3.71. The quantitative estimate of drug-likeness (QED) is 0.504. The van der Waals surface area contributed by atoms with Gasteiger partial charge in [-0.05, 0) is 35.8 Å². The van der Waals surface area contributed by atoms with Crippen molar-refractivity contribution in [3.05, 3.63) is 34.8 Å². The third kappa shape index (κ3) is 4.96. The lowest BCUT2D eigenvalue weighted by Crippen LogP contribution is -2.41. The zero-order valence-electron chi connectivity index (χ0n) is 15.4. The standard InChI is InChI=1S/C17H21N5O5S/c1-26-8-7-20-12(23)9-22(10-3-5-11(27-2)6-4-10)17(25)15-13(18)14(16(19)24)21-28-15/h3-6H,7-9,18H2,1-2H3,(H2,19,24)(H,20,23). The maximum absolute atomic E-state index is 13.1. The molecular weight excluding hydrogens is 386 g/mol. The molecule has 0 atom stereocenters. The predicted octanol–water partition coefficient (Wildman–Crippen LogP) is 0.242. The number of carbonyl (C=O) groups is 3. The fraction of sp³-hybridized carbons (Fsp3) is 0.294. The van der Waals surface area contributed by atoms with Crippen LogP contribution in [-0.2, 0) is 9.53 Å². The van der Waals surface area contributed by atoms with Crippen LogP contribution in [0.4, 0.5) is 11.4 Å². The van der Waals surface area contributed by atoms with Gasteiger partial charge in [-0.3, -0.25) is 19.3 Å². The van der Waals surface area contributed by atoms with Gasteiger partial charge < -0.3 is 26.3 Å². The largest absolute Gasteiger partial charge is 0.497 e. The van der Waals surface area contributed by atoms with Crippen molar-refractivity contribution in [3.63, 3.8) is 0 Å². The van der Waals surface area contributed by atoms with Gasteiger partial charge in [-0.25, -0.2) is 0 Å². The molecule has 1 aromatic heterocycles. The van der Waals surface area contributed by atoms with Gasteiger partial charge in [0.05, 0.1) is 19.4 Å². The van der Waals surface area contributed by atoms with E-state index in [4.69, 9.17) is 20.9 Å². The molecule has 1 heterocycles. The molecule has 0 fully saturated rings. The zero-order valence-corrected chi connectivity index (χ0v) is 16.2. The number of nitrogen functional groups attached to an aromatic ring is 1. The van der Waals surface area contributed by atoms with Crippen LogP contribution in [0.5, 0.6) is 5.75 Å². The summed E-state index contributed by atoms with van der Waals surface area (Å²) in [6.07, 6.45) is 0. The van der Waals surface area contributed by atoms with Crippen LogP contribution in [0, 0.1) is 0 Å². The van der Waals surface area contributed by atoms with Crippen LogP contribution in [0.25, 0.3) is 0 Å². The summed E-state index contributed by atoms with van der Waals surface area (Å²) in [6, 6.07) is 6.57. The van der Waals surface area contributed by atoms with Crippen LogP contribution >= 0.6 is 11.5 Å². The fourth-order valence-electron chi connectivity index (χ4n) is 2.29. The highest BCUT2D eigenvalue weighted by molar-refractivity contribution is 7.09. The normalized spacial score (nSPS) is 10.4. The van der Waals surface area contributed by atoms with Crippen LogP contribution in [-0.4, -0.2) is 56.0 Å². The fourth-order valence-corrected chi connectivity index (χ4v) is 3.04. The molecule has 3 amide bonds. The molecule has 0 radical (unpaired) electrons. The summed E-state index contributed by atoms with van der Waals surface area (Å²) < 4.78 is 13.8. The highest BCUT2D eigenvalue weighted by Gasteiger charge is 2.27. The molecule has 0 unspecified atom stereocenters. The van der Waals surface area contributed by atoms with Crippen molar-refractivity contribution >= 4 is 40.6 Å². The molecule has 150 valence electrons. The Morgan fingerprint density at radius 2 is 1.89 bits per heavy atom. The molecule has 1 aromatic carbocycles. The highest BCUT2D eigenvalue weighted by atomic mass is 32.1. The Kier molecular flexibility index (Phi) is 7.29. The topological polar surface area (TPSA) is 150 Å². The molecule has 0 aliphatic heterocycles. The van der Waals surface area contributed by atoms with Gasteiger partial charge in [0.15, 0.2) is 5.69 Å². The number of amides is 3. The lowest BCUT2D eigenvalue weighted by atomic mass is 10.2. The van der Waals surface area contributed by atoms with Crippen LogP contribution in [0.15, 0.2) is 24.3 Å². The number of anilines is 2. The van der Waals surface area contributed by atoms with Crippen molar-refractivity contribution in [2.75, 3.05) is 44.5 Å². The molecule has 0 saturated carbocycles. The molecule has 5 N–H and O–H groups in total. The van der Waals surface area contributed by atoms with E-state index in [1.807, 2.05) is 0 Å². The maximum atomic E-state index is 13.1. The number of hydrogen-bond donors (Lipinski definition) is 3. The Bertz CT molecular complexity index is 852. The minimum atomic E-state index is -0.832. The molecule has 0 aliphatic rings. The number of primary amides is 1. The number of benzene rings is 1. The highest BCUT2D eigenvalue weighted by Crippen LogP contribution is 2.27. The van der Waals surface area contributed by atoms with Gasteiger partial charge in [-0.2, -0.15) is 4.37 Å². The summed E-state index contributed by atoms with van der Waals surface area (Å²) in [4.78, 5) is 37.9. The molecule has 28 heavy (non-hydrogen) atoms. The van der Waals surface area contributed by atoms with Gasteiger partial charge in [0, 0.05) is 19.3 Å². The summed E-state index contributed by atoms with van der Waals surface area (Å²) in [5.74, 6) is -1.20. The number of nitrogens with one attached hydrogen (secondary N) is 1. The molecule has 0 bridgehead atoms. The van der Waals surface area contributed by atoms with Crippen molar-refractivity contribution in [1.29, 1.82) is 0 Å². The van der Waals surface area contributed by atoms with E-state index in [2.05, 4.69) is 9.69 Å². The molecule has 0 saturated heterocycles. The molecule has 0 aliphatic carbocycles. The second kappa shape index (κ2) is 9.67. The summed E-state index contributed by atoms with van der Waals surface area (Å²) >= 11 is 0.748. The van der Waals surface area contributed by atoms with Crippen molar-refractivity contribution < 1.29 is 23.9 Å². The van der Waals surface area contributed by atoms with E-state index in [1.54, 1.807) is 24.3 Å². The van der Waals surface area contributed by atoms with Crippen LogP contribution in [0.1, 0.15) is 20.2 Å². The summed E-state index contributed by atoms with van der Waals surface area (Å²) in [5.41, 5.74) is 11.2. The first-order chi connectivity index (χ1) is 13.4. The molecule has 10 nitrogen and oxygen atoms in total. The van der Waals surface area contributed by atoms with Crippen molar-refractivity contribution in [3.8, 4) is 5.75 Å². The molecule has 11 heteroatoms. The lowest BCUT2D eigenvalue weighted by molar-refractivity contribution is -0.119. The average molecular weight is 407 g/mol. The van der Waals surface area contributed by atoms with Crippen molar-refractivity contribution in [2.24, 2.45) is 5.73 Å². The van der Waals surface area contributed by atoms with E-state index < -0.39 is 11.8 Å². The molecule has 2 aromatic rings. The number of methoxy groups -OCH3 is 2. The van der Waals surface area contributed by atoms with Crippen LogP contribution in [0.2, 0.25) is 0 Å². The van der Waals surface area contributed by atoms with E-state index >= 15 is 0 Å². The van der Waals surface area contributed by atoms with E-state index in [1.165, 1.54) is 19.1 Å². The Labute approximate surface area is 165 Å². The molecule has 0 spiro atoms. The average Bonchev–Trinajstić information content (AvgIpc) is 3.07. The number of rotatable bonds is 9. The van der Waals surface area contributed by atoms with E-state index in [0.717, 1.165) is 11.5 Å². The number of hydrogen-bond acceptors (Lipinski definition) is 8. The van der Waals surface area contributed by atoms with Gasteiger partial charge in [-0.1, -0.05) is 0 Å². The Morgan fingerprint density at radius 3 is 2.43 bits per heavy atom. The van der Waals surface area contributed by atoms with Crippen molar-refractivity contribution in [1.82, 2.24) is 9.69 Å². The summed E-state index contributed by atoms with van der Waals surface area (Å²) in [5, 5.41) is 2.65. The van der Waals surface area contributed by atoms with E-state index in [9.17, 15) is 14.4 Å². The minimum Gasteiger partial charge on any atom is -0.497 e. The number of nitrogens with zero attached hydrogens (tertiary/aromatic N) is 2. The second-order valence-corrected chi connectivity index (χ2v) is 6.34. The van der Waals surface area contributed by atoms with Gasteiger partial charge in [-0.15, -0.1) is 0 Å². The van der Waals surface area contributed by atoms with Crippen molar-refractivity contribution in [2.45, 2.75) is 0 Å².